The number of hydrogen-bond acceptors (Lipinski definition) is 4. The fourth-order valence-electron chi connectivity index (χ4n) is 1.66. The van der Waals surface area contributed by atoms with Crippen molar-refractivity contribution in [1.29, 1.82) is 0 Å². The van der Waals surface area contributed by atoms with Crippen LogP contribution in [0, 0.1) is 5.41 Å². The number of methoxy groups -OCH3 is 1. The van der Waals surface area contributed by atoms with Gasteiger partial charge in [0.25, 0.3) is 0 Å². The highest BCUT2D eigenvalue weighted by Gasteiger charge is 2.30. The number of aliphatic hydroxyl groups excluding tert-OH is 1. The highest BCUT2D eigenvalue weighted by Crippen LogP contribution is 2.29. The monoisotopic (exact) mass is 253 g/mol. The van der Waals surface area contributed by atoms with Crippen LogP contribution in [0.3, 0.4) is 0 Å². The van der Waals surface area contributed by atoms with E-state index in [0.717, 1.165) is 0 Å². The van der Waals surface area contributed by atoms with Crippen LogP contribution in [-0.2, 0) is 0 Å². The first-order valence-electron chi connectivity index (χ1n) is 6.06. The van der Waals surface area contributed by atoms with Crippen molar-refractivity contribution in [2.75, 3.05) is 13.7 Å². The lowest BCUT2D eigenvalue weighted by atomic mass is 9.84. The first-order chi connectivity index (χ1) is 8.40. The number of ether oxygens (including phenoxy) is 2. The van der Waals surface area contributed by atoms with Gasteiger partial charge in [0.05, 0.1) is 13.7 Å². The summed E-state index contributed by atoms with van der Waals surface area (Å²) in [5.41, 5.74) is 5.98. The molecular formula is C14H23NO3. The molecule has 1 rings (SSSR count). The summed E-state index contributed by atoms with van der Waals surface area (Å²) in [6.45, 7) is 5.93. The lowest BCUT2D eigenvalue weighted by molar-refractivity contribution is 0.0572. The van der Waals surface area contributed by atoms with Gasteiger partial charge in [0.15, 0.2) is 11.5 Å². The SMILES string of the molecule is COc1ccccc1OC(CO)C(N)C(C)(C)C. The van der Waals surface area contributed by atoms with E-state index < -0.39 is 6.10 Å². The zero-order chi connectivity index (χ0) is 13.8. The highest BCUT2D eigenvalue weighted by molar-refractivity contribution is 5.39. The molecule has 0 amide bonds. The van der Waals surface area contributed by atoms with Crippen LogP contribution in [0.25, 0.3) is 0 Å². The van der Waals surface area contributed by atoms with Crippen LogP contribution in [-0.4, -0.2) is 31.0 Å². The minimum absolute atomic E-state index is 0.128. The second-order valence-electron chi connectivity index (χ2n) is 5.38. The quantitative estimate of drug-likeness (QED) is 0.840. The zero-order valence-electron chi connectivity index (χ0n) is 11.5. The van der Waals surface area contributed by atoms with Gasteiger partial charge in [0.2, 0.25) is 0 Å². The van der Waals surface area contributed by atoms with Crippen LogP contribution in [0.5, 0.6) is 11.5 Å². The van der Waals surface area contributed by atoms with Gasteiger partial charge in [-0.15, -0.1) is 0 Å². The zero-order valence-corrected chi connectivity index (χ0v) is 11.5. The number of rotatable bonds is 5. The predicted molar refractivity (Wildman–Crippen MR) is 71.9 cm³/mol. The summed E-state index contributed by atoms with van der Waals surface area (Å²) in [5.74, 6) is 1.23. The molecule has 0 fully saturated rings. The van der Waals surface area contributed by atoms with Crippen molar-refractivity contribution in [1.82, 2.24) is 0 Å². The molecule has 0 radical (unpaired) electrons. The highest BCUT2D eigenvalue weighted by atomic mass is 16.5. The number of para-hydroxylation sites is 2. The number of nitrogens with two attached hydrogens (primary N) is 1. The van der Waals surface area contributed by atoms with Gasteiger partial charge in [-0.1, -0.05) is 32.9 Å². The Morgan fingerprint density at radius 2 is 1.78 bits per heavy atom. The Morgan fingerprint density at radius 1 is 1.22 bits per heavy atom. The molecule has 102 valence electrons. The summed E-state index contributed by atoms with van der Waals surface area (Å²) < 4.78 is 11.0. The summed E-state index contributed by atoms with van der Waals surface area (Å²) in [4.78, 5) is 0. The van der Waals surface area contributed by atoms with Gasteiger partial charge in [-0.2, -0.15) is 0 Å². The second kappa shape index (κ2) is 6.07. The maximum absolute atomic E-state index is 9.44. The van der Waals surface area contributed by atoms with E-state index >= 15 is 0 Å². The maximum Gasteiger partial charge on any atom is 0.161 e. The second-order valence-corrected chi connectivity index (χ2v) is 5.38. The summed E-state index contributed by atoms with van der Waals surface area (Å²) in [5, 5.41) is 9.44. The van der Waals surface area contributed by atoms with E-state index in [9.17, 15) is 5.11 Å². The Hall–Kier alpha value is -1.26. The Kier molecular flexibility index (Phi) is 4.99. The maximum atomic E-state index is 9.44. The standard InChI is InChI=1S/C14H23NO3/c1-14(2,3)13(15)12(9-16)18-11-8-6-5-7-10(11)17-4/h5-8,12-13,16H,9,15H2,1-4H3. The molecule has 0 bridgehead atoms. The normalized spacial score (nSPS) is 15.0. The summed E-state index contributed by atoms with van der Waals surface area (Å²) in [7, 11) is 1.58. The fourth-order valence-corrected chi connectivity index (χ4v) is 1.66. The third-order valence-electron chi connectivity index (χ3n) is 2.93. The molecule has 1 aromatic carbocycles. The van der Waals surface area contributed by atoms with Gasteiger partial charge in [-0.05, 0) is 17.5 Å². The minimum atomic E-state index is -0.457. The molecule has 3 N–H and O–H groups in total. The molecular weight excluding hydrogens is 230 g/mol. The Labute approximate surface area is 109 Å². The van der Waals surface area contributed by atoms with Crippen LogP contribution >= 0.6 is 0 Å². The first-order valence-corrected chi connectivity index (χ1v) is 6.06. The molecule has 0 heterocycles. The van der Waals surface area contributed by atoms with E-state index in [1.54, 1.807) is 13.2 Å². The fraction of sp³-hybridized carbons (Fsp3) is 0.571. The van der Waals surface area contributed by atoms with Crippen molar-refractivity contribution in [2.24, 2.45) is 11.1 Å². The average Bonchev–Trinajstić information content (AvgIpc) is 2.34. The van der Waals surface area contributed by atoms with Crippen molar-refractivity contribution in [3.8, 4) is 11.5 Å². The molecule has 0 saturated carbocycles. The Bertz CT molecular complexity index is 374. The van der Waals surface area contributed by atoms with Crippen LogP contribution < -0.4 is 15.2 Å². The van der Waals surface area contributed by atoms with E-state index in [4.69, 9.17) is 15.2 Å². The largest absolute Gasteiger partial charge is 0.493 e. The van der Waals surface area contributed by atoms with E-state index in [-0.39, 0.29) is 18.1 Å². The minimum Gasteiger partial charge on any atom is -0.493 e. The molecule has 0 aromatic heterocycles. The van der Waals surface area contributed by atoms with Gasteiger partial charge in [0, 0.05) is 6.04 Å². The molecule has 4 nitrogen and oxygen atoms in total. The molecule has 0 aliphatic heterocycles. The third kappa shape index (κ3) is 3.62. The van der Waals surface area contributed by atoms with Crippen molar-refractivity contribution >= 4 is 0 Å². The van der Waals surface area contributed by atoms with Gasteiger partial charge in [-0.3, -0.25) is 0 Å². The molecule has 0 aliphatic carbocycles. The average molecular weight is 253 g/mol. The van der Waals surface area contributed by atoms with E-state index in [2.05, 4.69) is 0 Å². The van der Waals surface area contributed by atoms with E-state index in [0.29, 0.717) is 11.5 Å². The third-order valence-corrected chi connectivity index (χ3v) is 2.93. The van der Waals surface area contributed by atoms with Crippen molar-refractivity contribution in [3.05, 3.63) is 24.3 Å². The molecule has 4 heteroatoms. The molecule has 1 aromatic rings. The summed E-state index contributed by atoms with van der Waals surface area (Å²) >= 11 is 0. The molecule has 2 unspecified atom stereocenters. The van der Waals surface area contributed by atoms with E-state index in [1.807, 2.05) is 39.0 Å². The van der Waals surface area contributed by atoms with Crippen molar-refractivity contribution in [2.45, 2.75) is 32.9 Å². The molecule has 0 spiro atoms. The summed E-state index contributed by atoms with van der Waals surface area (Å²) in [6.07, 6.45) is -0.457. The number of benzene rings is 1. The topological polar surface area (TPSA) is 64.7 Å². The Morgan fingerprint density at radius 3 is 2.22 bits per heavy atom. The molecule has 18 heavy (non-hydrogen) atoms. The summed E-state index contributed by atoms with van der Waals surface area (Å²) in [6, 6.07) is 7.06. The lowest BCUT2D eigenvalue weighted by Crippen LogP contribution is -2.49. The van der Waals surface area contributed by atoms with Gasteiger partial charge < -0.3 is 20.3 Å². The van der Waals surface area contributed by atoms with Crippen molar-refractivity contribution < 1.29 is 14.6 Å². The molecule has 2 atom stereocenters. The Balaban J connectivity index is 2.86. The van der Waals surface area contributed by atoms with Crippen LogP contribution in [0.1, 0.15) is 20.8 Å². The lowest BCUT2D eigenvalue weighted by Gasteiger charge is -2.33. The molecule has 0 saturated heterocycles. The van der Waals surface area contributed by atoms with Gasteiger partial charge in [0.1, 0.15) is 6.10 Å². The first kappa shape index (κ1) is 14.8. The van der Waals surface area contributed by atoms with Crippen molar-refractivity contribution in [3.63, 3.8) is 0 Å². The van der Waals surface area contributed by atoms with Crippen LogP contribution in [0.4, 0.5) is 0 Å². The van der Waals surface area contributed by atoms with E-state index in [1.165, 1.54) is 0 Å². The number of hydrogen-bond donors (Lipinski definition) is 2. The molecule has 0 aliphatic rings. The predicted octanol–water partition coefficient (Wildman–Crippen LogP) is 1.81. The van der Waals surface area contributed by atoms with Crippen LogP contribution in [0.2, 0.25) is 0 Å². The van der Waals surface area contributed by atoms with Crippen LogP contribution in [0.15, 0.2) is 24.3 Å². The van der Waals surface area contributed by atoms with Gasteiger partial charge >= 0.3 is 0 Å². The number of aliphatic hydroxyl groups is 1. The van der Waals surface area contributed by atoms with Gasteiger partial charge in [-0.25, -0.2) is 0 Å². The smallest absolute Gasteiger partial charge is 0.161 e.